The van der Waals surface area contributed by atoms with Gasteiger partial charge in [0.2, 0.25) is 59.1 Å². The Labute approximate surface area is 592 Å². The van der Waals surface area contributed by atoms with E-state index in [1.54, 1.807) is 54.6 Å². The van der Waals surface area contributed by atoms with Crippen molar-refractivity contribution >= 4 is 99.5 Å². The SMILES string of the molecule is CC(C)C[C@H](NC(=O)[C@H](Cc1ccccc1)NC(=O)[C@H](Cc1cnc[nH]1)NC(=O)CNC(=O)[C@H](C)NC(=O)[C@H](Cc1c[nH]c2ccccc12)NC(=O)[C@H]([C@@H](CC(N)=O)NC(=O)CN1CCN(CC(=O)O)CCN(CC(=O)O)CCN(CC(=O)O)CC1)N(C(=O)CN)C(=O)c1ccc(N)cc1)C(N)=O. The van der Waals surface area contributed by atoms with Crippen LogP contribution in [-0.4, -0.2) is 272 Å². The molecule has 1 aliphatic rings. The van der Waals surface area contributed by atoms with Gasteiger partial charge in [-0.1, -0.05) is 62.4 Å². The van der Waals surface area contributed by atoms with Crippen LogP contribution in [0.4, 0.5) is 5.69 Å². The molecule has 556 valence electrons. The van der Waals surface area contributed by atoms with Crippen LogP contribution in [0.15, 0.2) is 97.6 Å². The summed E-state index contributed by atoms with van der Waals surface area (Å²) in [6, 6.07) is 9.22. The number of nitrogens with two attached hydrogens (primary N) is 4. The molecule has 1 fully saturated rings. The Kier molecular flexibility index (Phi) is 31.1. The number of anilines is 1. The first kappa shape index (κ1) is 80.8. The molecule has 7 atom stereocenters. The third kappa shape index (κ3) is 26.4. The second-order valence-corrected chi connectivity index (χ2v) is 25.3. The molecule has 1 saturated heterocycles. The second-order valence-electron chi connectivity index (χ2n) is 25.3. The van der Waals surface area contributed by atoms with Crippen molar-refractivity contribution in [3.05, 3.63) is 120 Å². The van der Waals surface area contributed by atoms with Crippen LogP contribution in [-0.2, 0) is 81.6 Å². The highest BCUT2D eigenvalue weighted by Crippen LogP contribution is 2.22. The van der Waals surface area contributed by atoms with Crippen LogP contribution < -0.4 is 60.2 Å². The van der Waals surface area contributed by atoms with Gasteiger partial charge < -0.3 is 85.4 Å². The van der Waals surface area contributed by atoms with E-state index in [4.69, 9.17) is 22.9 Å². The van der Waals surface area contributed by atoms with Gasteiger partial charge in [0.15, 0.2) is 0 Å². The van der Waals surface area contributed by atoms with Gasteiger partial charge in [0.05, 0.1) is 51.6 Å². The summed E-state index contributed by atoms with van der Waals surface area (Å²) >= 11 is 0. The van der Waals surface area contributed by atoms with Crippen LogP contribution in [0.1, 0.15) is 60.8 Å². The third-order valence-electron chi connectivity index (χ3n) is 16.7. The number of carboxylic acids is 3. The topological polar surface area (TPSA) is 549 Å². The lowest BCUT2D eigenvalue weighted by molar-refractivity contribution is -0.141. The molecule has 6 rings (SSSR count). The summed E-state index contributed by atoms with van der Waals surface area (Å²) in [4.78, 5) is 208. The van der Waals surface area contributed by atoms with Crippen molar-refractivity contribution in [1.29, 1.82) is 0 Å². The number of primary amides is 2. The number of rotatable bonds is 36. The van der Waals surface area contributed by atoms with Gasteiger partial charge in [-0.05, 0) is 60.7 Å². The van der Waals surface area contributed by atoms with Gasteiger partial charge in [-0.2, -0.15) is 0 Å². The number of imide groups is 1. The highest BCUT2D eigenvalue weighted by molar-refractivity contribution is 6.09. The number of aliphatic carboxylic acids is 3. The predicted molar refractivity (Wildman–Crippen MR) is 371 cm³/mol. The Morgan fingerprint density at radius 3 is 1.60 bits per heavy atom. The van der Waals surface area contributed by atoms with E-state index in [-0.39, 0.29) is 88.8 Å². The molecule has 0 radical (unpaired) electrons. The van der Waals surface area contributed by atoms with Gasteiger partial charge in [-0.15, -0.1) is 0 Å². The standard InChI is InChI=1S/C67H91N19O17/c1-39(2)25-49(61(71)97)79-64(100)50(26-41-9-5-4-6-10-41)80-65(101)52(28-45-32-72-38-75-45)78-54(88)33-74-62(98)40(3)76-63(99)51(27-43-31-73-47-12-8-7-11-46(43)47)81-66(102)60(86(56(90)30-68)67(103)42-13-15-44(69)16-14-42)48(29-53(70)87)77-55(89)34-82-17-19-83(35-57(91)92)21-23-85(37-59(95)96)24-22-84(20-18-82)36-58(93)94/h4-16,31-32,38-40,48-52,60,73H,17-30,33-37,68-69H2,1-3H3,(H2,70,87)(H2,71,97)(H,72,75)(H,74,98)(H,76,99)(H,77,89)(H,78,88)(H,79,100)(H,80,101)(H,81,102)(H,91,92)(H,93,94)(H,95,96)/t40-,48+,49-,50-,51-,52-,60-/m0/s1. The quantitative estimate of drug-likeness (QED) is 0.0168. The van der Waals surface area contributed by atoms with E-state index < -0.39 is 177 Å². The molecule has 36 heteroatoms. The van der Waals surface area contributed by atoms with E-state index in [0.29, 0.717) is 32.6 Å². The number of carbonyl (C=O) groups is 14. The minimum Gasteiger partial charge on any atom is -0.480 e. The minimum atomic E-state index is -2.30. The Morgan fingerprint density at radius 1 is 0.563 bits per heavy atom. The Bertz CT molecular complexity index is 3750. The number of benzene rings is 3. The molecule has 2 aromatic heterocycles. The Balaban J connectivity index is 1.29. The fourth-order valence-corrected chi connectivity index (χ4v) is 11.5. The van der Waals surface area contributed by atoms with Gasteiger partial charge in [0.1, 0.15) is 36.3 Å². The maximum atomic E-state index is 15.6. The predicted octanol–water partition coefficient (Wildman–Crippen LogP) is -4.58. The van der Waals surface area contributed by atoms with Crippen molar-refractivity contribution in [2.45, 2.75) is 95.2 Å². The zero-order valence-electron chi connectivity index (χ0n) is 57.3. The number of nitrogens with zero attached hydrogens (tertiary/aromatic N) is 6. The van der Waals surface area contributed by atoms with Crippen LogP contribution in [0.25, 0.3) is 10.9 Å². The zero-order valence-corrected chi connectivity index (χ0v) is 57.3. The number of nitrogen functional groups attached to an aromatic ring is 1. The van der Waals surface area contributed by atoms with Crippen LogP contribution in [0, 0.1) is 5.92 Å². The lowest BCUT2D eigenvalue weighted by Gasteiger charge is -2.36. The highest BCUT2D eigenvalue weighted by atomic mass is 16.4. The number of hydrogen-bond donors (Lipinski definition) is 16. The van der Waals surface area contributed by atoms with Crippen molar-refractivity contribution in [2.24, 2.45) is 23.1 Å². The number of aromatic amines is 2. The van der Waals surface area contributed by atoms with Gasteiger partial charge in [-0.25, -0.2) is 4.98 Å². The molecule has 1 aliphatic heterocycles. The number of para-hydroxylation sites is 1. The van der Waals surface area contributed by atoms with E-state index in [0.717, 1.165) is 0 Å². The molecule has 0 saturated carbocycles. The molecule has 3 aromatic carbocycles. The summed E-state index contributed by atoms with van der Waals surface area (Å²) in [6.45, 7) is 1.11. The van der Waals surface area contributed by atoms with Gasteiger partial charge >= 0.3 is 17.9 Å². The minimum absolute atomic E-state index is 0.0319. The fraction of sp³-hybridized carbons (Fsp3) is 0.448. The maximum Gasteiger partial charge on any atom is 0.317 e. The normalized spacial score (nSPS) is 15.5. The number of carbonyl (C=O) groups excluding carboxylic acids is 11. The number of aromatic nitrogens is 3. The van der Waals surface area contributed by atoms with Crippen molar-refractivity contribution in [2.75, 3.05) is 97.4 Å². The zero-order chi connectivity index (χ0) is 75.4. The number of H-pyrrole nitrogens is 2. The first-order valence-corrected chi connectivity index (χ1v) is 33.2. The summed E-state index contributed by atoms with van der Waals surface area (Å²) in [7, 11) is 0. The van der Waals surface area contributed by atoms with Crippen molar-refractivity contribution in [1.82, 2.24) is 76.7 Å². The van der Waals surface area contributed by atoms with E-state index in [9.17, 15) is 77.6 Å². The van der Waals surface area contributed by atoms with Gasteiger partial charge in [0.25, 0.3) is 5.91 Å². The van der Waals surface area contributed by atoms with E-state index >= 15 is 4.79 Å². The summed E-state index contributed by atoms with van der Waals surface area (Å²) in [5, 5.41) is 47.8. The highest BCUT2D eigenvalue weighted by Gasteiger charge is 2.44. The molecule has 11 amide bonds. The largest absolute Gasteiger partial charge is 0.480 e. The average molecular weight is 1430 g/mol. The summed E-state index contributed by atoms with van der Waals surface area (Å²) in [5.41, 5.74) is 25.3. The first-order valence-electron chi connectivity index (χ1n) is 33.2. The molecular weight excluding hydrogens is 1340 g/mol. The van der Waals surface area contributed by atoms with Crippen LogP contribution >= 0.6 is 0 Å². The summed E-state index contributed by atoms with van der Waals surface area (Å²) in [6.07, 6.45) is 2.86. The lowest BCUT2D eigenvalue weighted by Crippen LogP contribution is -2.65. The summed E-state index contributed by atoms with van der Waals surface area (Å²) in [5.74, 6) is -14.9. The molecule has 0 aliphatic carbocycles. The van der Waals surface area contributed by atoms with E-state index in [1.807, 2.05) is 13.8 Å². The molecule has 0 bridgehead atoms. The second kappa shape index (κ2) is 39.7. The molecule has 36 nitrogen and oxygen atoms in total. The smallest absolute Gasteiger partial charge is 0.317 e. The van der Waals surface area contributed by atoms with Crippen molar-refractivity contribution in [3.63, 3.8) is 0 Å². The number of amides is 11. The monoisotopic (exact) mass is 1430 g/mol. The lowest BCUT2D eigenvalue weighted by atomic mass is 9.98. The average Bonchev–Trinajstić information content (AvgIpc) is 1.32. The van der Waals surface area contributed by atoms with Crippen LogP contribution in [0.5, 0.6) is 0 Å². The Hall–Kier alpha value is -11.2. The number of imidazole rings is 1. The molecule has 20 N–H and O–H groups in total. The van der Waals surface area contributed by atoms with Crippen LogP contribution in [0.3, 0.4) is 0 Å². The maximum absolute atomic E-state index is 15.6. The Morgan fingerprint density at radius 2 is 1.08 bits per heavy atom. The molecule has 103 heavy (non-hydrogen) atoms. The number of nitrogens with one attached hydrogen (secondary N) is 9. The molecule has 0 spiro atoms. The number of carboxylic acid groups (broad SMARTS) is 3. The number of fused-ring (bicyclic) bond motifs is 1. The molecule has 5 aromatic rings. The van der Waals surface area contributed by atoms with Gasteiger partial charge in [-0.3, -0.25) is 91.6 Å². The molecular formula is C67H91N19O17. The molecule has 3 heterocycles. The third-order valence-corrected chi connectivity index (χ3v) is 16.7. The molecule has 0 unspecified atom stereocenters. The van der Waals surface area contributed by atoms with Crippen molar-refractivity contribution in [3.8, 4) is 0 Å². The van der Waals surface area contributed by atoms with E-state index in [2.05, 4.69) is 52.2 Å². The van der Waals surface area contributed by atoms with Crippen molar-refractivity contribution < 1.29 is 82.4 Å². The number of hydrogen-bond acceptors (Lipinski definition) is 21. The van der Waals surface area contributed by atoms with Crippen LogP contribution in [0.2, 0.25) is 0 Å². The fourth-order valence-electron chi connectivity index (χ4n) is 11.5. The van der Waals surface area contributed by atoms with Gasteiger partial charge in [0, 0.05) is 118 Å². The summed E-state index contributed by atoms with van der Waals surface area (Å²) < 4.78 is 0. The van der Waals surface area contributed by atoms with E-state index in [1.165, 1.54) is 69.5 Å². The first-order chi connectivity index (χ1) is 49.0.